The van der Waals surface area contributed by atoms with Gasteiger partial charge in [-0.15, -0.1) is 11.3 Å². The first-order chi connectivity index (χ1) is 17.5. The third-order valence-electron chi connectivity index (χ3n) is 7.20. The van der Waals surface area contributed by atoms with Gasteiger partial charge in [0, 0.05) is 29.2 Å². The zero-order chi connectivity index (χ0) is 24.8. The summed E-state index contributed by atoms with van der Waals surface area (Å²) in [5, 5.41) is 4.17. The highest BCUT2D eigenvalue weighted by Crippen LogP contribution is 2.44. The normalized spacial score (nSPS) is 16.6. The lowest BCUT2D eigenvalue weighted by atomic mass is 9.95. The summed E-state index contributed by atoms with van der Waals surface area (Å²) in [5.41, 5.74) is 5.88. The van der Waals surface area contributed by atoms with Crippen LogP contribution in [0.4, 0.5) is 13.6 Å². The van der Waals surface area contributed by atoms with Crippen LogP contribution in [0.25, 0.3) is 5.00 Å². The van der Waals surface area contributed by atoms with Gasteiger partial charge in [0.2, 0.25) is 0 Å². The van der Waals surface area contributed by atoms with Crippen molar-refractivity contribution in [2.75, 3.05) is 0 Å². The lowest BCUT2D eigenvalue weighted by Gasteiger charge is -2.31. The van der Waals surface area contributed by atoms with E-state index in [1.165, 1.54) is 29.0 Å². The lowest BCUT2D eigenvalue weighted by molar-refractivity contribution is 0.179. The molecule has 0 saturated heterocycles. The van der Waals surface area contributed by atoms with Crippen LogP contribution in [0.1, 0.15) is 57.3 Å². The van der Waals surface area contributed by atoms with Crippen LogP contribution in [-0.4, -0.2) is 15.5 Å². The number of halogens is 2. The van der Waals surface area contributed by atoms with Crippen molar-refractivity contribution in [2.45, 2.75) is 51.7 Å². The van der Waals surface area contributed by atoms with Crippen LogP contribution in [0.5, 0.6) is 0 Å². The molecule has 4 nitrogen and oxygen atoms in total. The number of thiophene rings is 1. The fraction of sp³-hybridized carbons (Fsp3) is 0.276. The van der Waals surface area contributed by atoms with E-state index < -0.39 is 17.7 Å². The fourth-order valence-corrected chi connectivity index (χ4v) is 6.86. The molecule has 0 bridgehead atoms. The minimum absolute atomic E-state index is 0.262. The molecule has 4 aromatic rings. The number of benzene rings is 2. The molecule has 36 heavy (non-hydrogen) atoms. The van der Waals surface area contributed by atoms with Crippen molar-refractivity contribution in [1.29, 1.82) is 0 Å². The van der Waals surface area contributed by atoms with Gasteiger partial charge in [0.1, 0.15) is 22.7 Å². The maximum atomic E-state index is 14.4. The van der Waals surface area contributed by atoms with E-state index in [-0.39, 0.29) is 6.03 Å². The summed E-state index contributed by atoms with van der Waals surface area (Å²) in [4.78, 5) is 16.9. The number of rotatable bonds is 3. The Labute approximate surface area is 213 Å². The first kappa shape index (κ1) is 23.0. The quantitative estimate of drug-likeness (QED) is 0.327. The van der Waals surface area contributed by atoms with E-state index in [2.05, 4.69) is 9.88 Å². The second-order valence-electron chi connectivity index (χ2n) is 9.68. The monoisotopic (exact) mass is 503 g/mol. The molecule has 2 aromatic carbocycles. The molecule has 3 heterocycles. The predicted octanol–water partition coefficient (Wildman–Crippen LogP) is 6.82. The van der Waals surface area contributed by atoms with Gasteiger partial charge in [-0.05, 0) is 73.6 Å². The van der Waals surface area contributed by atoms with Gasteiger partial charge in [-0.2, -0.15) is 0 Å². The summed E-state index contributed by atoms with van der Waals surface area (Å²) >= 11 is 1.78. The zero-order valence-electron chi connectivity index (χ0n) is 20.1. The van der Waals surface area contributed by atoms with E-state index >= 15 is 0 Å². The summed E-state index contributed by atoms with van der Waals surface area (Å²) in [6.07, 6.45) is 6.35. The van der Waals surface area contributed by atoms with Crippen molar-refractivity contribution in [3.05, 3.63) is 111 Å². The molecular formula is C29H27F2N3OS. The number of carbonyl (C=O) groups excluding carboxylic acids is 1. The Hall–Kier alpha value is -3.45. The molecule has 7 heteroatoms. The number of urea groups is 1. The molecule has 2 amide bonds. The number of amides is 2. The molecule has 0 fully saturated rings. The Morgan fingerprint density at radius 3 is 2.56 bits per heavy atom. The highest BCUT2D eigenvalue weighted by molar-refractivity contribution is 7.15. The summed E-state index contributed by atoms with van der Waals surface area (Å²) in [6, 6.07) is 14.5. The summed E-state index contributed by atoms with van der Waals surface area (Å²) in [5.74, 6) is -1.31. The molecule has 1 aliphatic carbocycles. The molecule has 1 atom stereocenters. The van der Waals surface area contributed by atoms with Crippen LogP contribution in [-0.2, 0) is 25.9 Å². The van der Waals surface area contributed by atoms with Crippen molar-refractivity contribution in [3.8, 4) is 5.00 Å². The van der Waals surface area contributed by atoms with Crippen LogP contribution in [0.2, 0.25) is 0 Å². The van der Waals surface area contributed by atoms with Crippen LogP contribution < -0.4 is 5.32 Å². The summed E-state index contributed by atoms with van der Waals surface area (Å²) in [7, 11) is 0. The van der Waals surface area contributed by atoms with Gasteiger partial charge < -0.3 is 14.8 Å². The Balaban J connectivity index is 1.45. The fourth-order valence-electron chi connectivity index (χ4n) is 5.46. The third-order valence-corrected chi connectivity index (χ3v) is 8.54. The third kappa shape index (κ3) is 4.11. The molecule has 1 aliphatic heterocycles. The van der Waals surface area contributed by atoms with Crippen LogP contribution >= 0.6 is 11.3 Å². The van der Waals surface area contributed by atoms with E-state index in [1.54, 1.807) is 16.2 Å². The Morgan fingerprint density at radius 1 is 1.03 bits per heavy atom. The number of nitrogens with one attached hydrogen (secondary N) is 1. The predicted molar refractivity (Wildman–Crippen MR) is 137 cm³/mol. The van der Waals surface area contributed by atoms with E-state index in [0.717, 1.165) is 52.7 Å². The van der Waals surface area contributed by atoms with Crippen molar-refractivity contribution >= 4 is 17.4 Å². The standard InChI is InChI=1S/C29H27F2N3OS/c1-18-8-10-19(11-9-18)16-32-29(35)34-17-24-23-5-2-3-7-26(23)36-28(24)33-12-4-6-25(33)27(34)20-13-21(30)15-22(31)14-20/h4,6,8-15,27H,2-3,5,7,16-17H2,1H3,(H,32,35)/t27-/m1/s1. The second-order valence-corrected chi connectivity index (χ2v) is 10.8. The Kier molecular flexibility index (Phi) is 5.88. The van der Waals surface area contributed by atoms with E-state index in [9.17, 15) is 13.6 Å². The van der Waals surface area contributed by atoms with Crippen molar-refractivity contribution in [1.82, 2.24) is 14.8 Å². The van der Waals surface area contributed by atoms with Crippen molar-refractivity contribution in [3.63, 3.8) is 0 Å². The number of hydrogen-bond acceptors (Lipinski definition) is 2. The number of hydrogen-bond donors (Lipinski definition) is 1. The minimum Gasteiger partial charge on any atom is -0.334 e. The smallest absolute Gasteiger partial charge is 0.318 e. The second kappa shape index (κ2) is 9.21. The van der Waals surface area contributed by atoms with Crippen molar-refractivity contribution in [2.24, 2.45) is 0 Å². The average Bonchev–Trinajstić information content (AvgIpc) is 3.44. The number of aryl methyl sites for hydroxylation is 2. The van der Waals surface area contributed by atoms with Gasteiger partial charge in [-0.3, -0.25) is 0 Å². The zero-order valence-corrected chi connectivity index (χ0v) is 20.9. The largest absolute Gasteiger partial charge is 0.334 e. The topological polar surface area (TPSA) is 37.3 Å². The first-order valence-corrected chi connectivity index (χ1v) is 13.2. The maximum Gasteiger partial charge on any atom is 0.318 e. The van der Waals surface area contributed by atoms with Crippen LogP contribution in [0, 0.1) is 18.6 Å². The molecule has 2 aromatic heterocycles. The highest BCUT2D eigenvalue weighted by Gasteiger charge is 2.36. The van der Waals surface area contributed by atoms with Gasteiger partial charge in [-0.1, -0.05) is 29.8 Å². The number of fused-ring (bicyclic) bond motifs is 5. The van der Waals surface area contributed by atoms with Gasteiger partial charge in [0.15, 0.2) is 0 Å². The Morgan fingerprint density at radius 2 is 1.78 bits per heavy atom. The first-order valence-electron chi connectivity index (χ1n) is 12.3. The molecule has 0 spiro atoms. The highest BCUT2D eigenvalue weighted by atomic mass is 32.1. The van der Waals surface area contributed by atoms with Crippen LogP contribution in [0.3, 0.4) is 0 Å². The minimum atomic E-state index is -0.653. The number of nitrogens with zero attached hydrogens (tertiary/aromatic N) is 2. The Bertz CT molecular complexity index is 1420. The van der Waals surface area contributed by atoms with Crippen molar-refractivity contribution < 1.29 is 13.6 Å². The molecule has 0 radical (unpaired) electrons. The van der Waals surface area contributed by atoms with Gasteiger partial charge in [0.05, 0.1) is 12.2 Å². The summed E-state index contributed by atoms with van der Waals surface area (Å²) in [6.45, 7) is 2.78. The SMILES string of the molecule is Cc1ccc(CNC(=O)N2Cc3c(sc4c3CCCC4)-n3cccc3[C@H]2c2cc(F)cc(F)c2)cc1. The molecule has 0 saturated carbocycles. The average molecular weight is 504 g/mol. The summed E-state index contributed by atoms with van der Waals surface area (Å²) < 4.78 is 30.9. The van der Waals surface area contributed by atoms with Gasteiger partial charge in [0.25, 0.3) is 0 Å². The van der Waals surface area contributed by atoms with E-state index in [1.807, 2.05) is 49.5 Å². The molecule has 2 aliphatic rings. The molecular weight excluding hydrogens is 476 g/mol. The maximum absolute atomic E-state index is 14.4. The number of aromatic nitrogens is 1. The van der Waals surface area contributed by atoms with Gasteiger partial charge >= 0.3 is 6.03 Å². The molecule has 1 N–H and O–H groups in total. The molecule has 6 rings (SSSR count). The van der Waals surface area contributed by atoms with E-state index in [0.29, 0.717) is 18.7 Å². The van der Waals surface area contributed by atoms with E-state index in [4.69, 9.17) is 0 Å². The van der Waals surface area contributed by atoms with Gasteiger partial charge in [-0.25, -0.2) is 13.6 Å². The molecule has 0 unspecified atom stereocenters. The van der Waals surface area contributed by atoms with Crippen LogP contribution in [0.15, 0.2) is 60.8 Å². The lowest BCUT2D eigenvalue weighted by Crippen LogP contribution is -2.42. The number of carbonyl (C=O) groups is 1. The molecule has 184 valence electrons.